The normalized spacial score (nSPS) is 24.8. The van der Waals surface area contributed by atoms with Gasteiger partial charge >= 0.3 is 62.4 Å². The Balaban J connectivity index is 3.71. The molecule has 1 aliphatic heterocycles. The van der Waals surface area contributed by atoms with E-state index in [0.717, 1.165) is 0 Å². The maximum absolute atomic E-state index is 13.6. The molecule has 1 heterocycles. The first-order valence-corrected chi connectivity index (χ1v) is 8.49. The minimum atomic E-state index is -8.73. The Morgan fingerprint density at radius 3 is 1.18 bits per heavy atom. The Labute approximate surface area is 172 Å². The Morgan fingerprint density at radius 1 is 0.606 bits per heavy atom. The van der Waals surface area contributed by atoms with Crippen LogP contribution in [-0.4, -0.2) is 65.3 Å². The fraction of sp³-hybridized carbons (Fsp3) is 1.00. The van der Waals surface area contributed by atoms with Crippen LogP contribution < -0.4 is 0 Å². The van der Waals surface area contributed by atoms with Gasteiger partial charge in [-0.25, -0.2) is 13.3 Å². The predicted octanol–water partition coefficient (Wildman–Crippen LogP) is 5.35. The second-order valence-corrected chi connectivity index (χ2v) is 8.04. The lowest BCUT2D eigenvalue weighted by Crippen LogP contribution is -2.71. The number of rotatable bonds is 7. The lowest BCUT2D eigenvalue weighted by atomic mass is 9.98. The van der Waals surface area contributed by atoms with Crippen LogP contribution in [-0.2, 0) is 14.9 Å². The molecule has 0 amide bonds. The van der Waals surface area contributed by atoms with Crippen LogP contribution in [0.1, 0.15) is 0 Å². The van der Waals surface area contributed by atoms with Crippen molar-refractivity contribution in [3.05, 3.63) is 0 Å². The average Bonchev–Trinajstić information content (AvgIpc) is 3.30. The molecule has 33 heavy (non-hydrogen) atoms. The van der Waals surface area contributed by atoms with Crippen molar-refractivity contribution in [2.45, 2.75) is 52.4 Å². The van der Waals surface area contributed by atoms with E-state index in [1.165, 1.54) is 0 Å². The van der Waals surface area contributed by atoms with E-state index >= 15 is 0 Å². The number of hydroxylamine groups is 1. The Kier molecular flexibility index (Phi) is 6.33. The molecule has 0 radical (unpaired) electrons. The topological polar surface area (TPSA) is 49.7 Å². The van der Waals surface area contributed by atoms with Gasteiger partial charge in [0, 0.05) is 0 Å². The van der Waals surface area contributed by atoms with Crippen molar-refractivity contribution >= 4 is 21.6 Å². The molecule has 0 aromatic heterocycles. The van der Waals surface area contributed by atoms with Gasteiger partial charge in [0.2, 0.25) is 0 Å². The molecule has 0 saturated carbocycles. The van der Waals surface area contributed by atoms with E-state index in [1.807, 2.05) is 0 Å². The second kappa shape index (κ2) is 6.98. The summed E-state index contributed by atoms with van der Waals surface area (Å²) in [5.41, 5.74) is -6.02. The summed E-state index contributed by atoms with van der Waals surface area (Å²) in [5, 5.41) is -14.4. The van der Waals surface area contributed by atoms with Crippen molar-refractivity contribution in [1.82, 2.24) is 4.47 Å². The zero-order valence-electron chi connectivity index (χ0n) is 13.8. The van der Waals surface area contributed by atoms with E-state index in [9.17, 15) is 87.4 Å². The predicted molar refractivity (Wildman–Crippen MR) is 62.2 cm³/mol. The molecule has 4 nitrogen and oxygen atoms in total. The molecule has 1 rings (SSSR count). The quantitative estimate of drug-likeness (QED) is 0.232. The highest BCUT2D eigenvalue weighted by Crippen LogP contribution is 2.65. The minimum absolute atomic E-state index is 2.56. The fourth-order valence-electron chi connectivity index (χ4n) is 1.81. The highest BCUT2D eigenvalue weighted by Gasteiger charge is 2.96. The highest BCUT2D eigenvalue weighted by molar-refractivity contribution is 7.90. The van der Waals surface area contributed by atoms with Crippen molar-refractivity contribution in [2.75, 3.05) is 0 Å². The summed E-state index contributed by atoms with van der Waals surface area (Å²) in [5.74, 6) is -34.2. The molecular formula is C9ClF18NO3S. The van der Waals surface area contributed by atoms with Crippen LogP contribution in [0.2, 0.25) is 0 Å². The molecule has 2 atom stereocenters. The van der Waals surface area contributed by atoms with E-state index < -0.39 is 66.9 Å². The van der Waals surface area contributed by atoms with Crippen LogP contribution in [0.25, 0.3) is 0 Å². The van der Waals surface area contributed by atoms with Gasteiger partial charge in [-0.15, -0.1) is 0 Å². The van der Waals surface area contributed by atoms with Gasteiger partial charge in [0.05, 0.1) is 0 Å². The fourth-order valence-corrected chi connectivity index (χ4v) is 3.50. The van der Waals surface area contributed by atoms with Gasteiger partial charge < -0.3 is 0 Å². The van der Waals surface area contributed by atoms with Gasteiger partial charge in [0.1, 0.15) is 0 Å². The van der Waals surface area contributed by atoms with Crippen LogP contribution in [0.4, 0.5) is 79.0 Å². The van der Waals surface area contributed by atoms with E-state index in [1.54, 1.807) is 0 Å². The summed E-state index contributed by atoms with van der Waals surface area (Å²) >= 11 is 3.80. The molecule has 0 aromatic carbocycles. The third-order valence-corrected chi connectivity index (χ3v) is 5.58. The summed E-state index contributed by atoms with van der Waals surface area (Å²) in [6, 6.07) is 0. The number of nitrogens with zero attached hydrogens (tertiary/aromatic N) is 1. The van der Waals surface area contributed by atoms with E-state index in [-0.39, 0.29) is 0 Å². The minimum Gasteiger partial charge on any atom is -0.237 e. The standard InChI is InChI=1S/C9ClF18NO3S/c10-6(19,20)5(8(24,25)26)29(32-5)33(30,31)9(27,28)4(17,18)2(13,14)1(11,12)3(15,16)7(21,22)23. The molecule has 0 aromatic rings. The summed E-state index contributed by atoms with van der Waals surface area (Å²) in [4.78, 5) is 2.56. The van der Waals surface area contributed by atoms with E-state index in [4.69, 9.17) is 0 Å². The van der Waals surface area contributed by atoms with Crippen LogP contribution in [0.15, 0.2) is 0 Å². The number of hydrogen-bond acceptors (Lipinski definition) is 3. The molecule has 1 saturated heterocycles. The van der Waals surface area contributed by atoms with Crippen LogP contribution >= 0.6 is 11.6 Å². The molecule has 1 fully saturated rings. The van der Waals surface area contributed by atoms with Gasteiger partial charge in [-0.1, -0.05) is 0 Å². The largest absolute Gasteiger partial charge is 0.460 e. The lowest BCUT2D eigenvalue weighted by Gasteiger charge is -2.39. The summed E-state index contributed by atoms with van der Waals surface area (Å²) in [6.07, 6.45) is -14.8. The SMILES string of the molecule is O=S(=O)(N1OC1(C(F)(F)F)C(F)(F)Cl)C(F)(F)C(F)(F)C(F)(F)C(F)(F)C(F)(F)C(F)(F)F. The van der Waals surface area contributed by atoms with Crippen molar-refractivity contribution in [2.24, 2.45) is 0 Å². The molecule has 0 bridgehead atoms. The zero-order chi connectivity index (χ0) is 27.3. The Hall–Kier alpha value is -1.10. The van der Waals surface area contributed by atoms with Crippen molar-refractivity contribution < 1.29 is 92.3 Å². The van der Waals surface area contributed by atoms with E-state index in [0.29, 0.717) is 0 Å². The number of sulfonamides is 1. The third kappa shape index (κ3) is 3.50. The maximum Gasteiger partial charge on any atom is 0.460 e. The van der Waals surface area contributed by atoms with Gasteiger partial charge in [0.25, 0.3) is 0 Å². The monoisotopic (exact) mass is 579 g/mol. The average molecular weight is 580 g/mol. The zero-order valence-corrected chi connectivity index (χ0v) is 15.3. The Morgan fingerprint density at radius 2 is 0.939 bits per heavy atom. The number of alkyl halides is 19. The first-order valence-electron chi connectivity index (χ1n) is 6.67. The second-order valence-electron chi connectivity index (χ2n) is 5.78. The van der Waals surface area contributed by atoms with Crippen molar-refractivity contribution in [3.63, 3.8) is 0 Å². The lowest BCUT2D eigenvalue weighted by molar-refractivity contribution is -0.433. The summed E-state index contributed by atoms with van der Waals surface area (Å²) in [7, 11) is -8.52. The first kappa shape index (κ1) is 29.9. The van der Waals surface area contributed by atoms with Gasteiger partial charge in [-0.05, 0) is 16.1 Å². The first-order chi connectivity index (χ1) is 13.8. The summed E-state index contributed by atoms with van der Waals surface area (Å²) < 4.78 is 251. The third-order valence-electron chi connectivity index (χ3n) is 3.66. The van der Waals surface area contributed by atoms with Gasteiger partial charge in [-0.3, -0.25) is 0 Å². The van der Waals surface area contributed by atoms with Gasteiger partial charge in [-0.2, -0.15) is 79.0 Å². The van der Waals surface area contributed by atoms with E-state index in [2.05, 4.69) is 16.4 Å². The number of hydrogen-bond donors (Lipinski definition) is 0. The smallest absolute Gasteiger partial charge is 0.237 e. The molecule has 0 N–H and O–H groups in total. The van der Waals surface area contributed by atoms with Crippen LogP contribution in [0, 0.1) is 0 Å². The molecular weight excluding hydrogens is 580 g/mol. The van der Waals surface area contributed by atoms with Gasteiger partial charge in [0.15, 0.2) is 0 Å². The highest BCUT2D eigenvalue weighted by atomic mass is 35.5. The molecule has 198 valence electrons. The van der Waals surface area contributed by atoms with Crippen molar-refractivity contribution in [3.8, 4) is 0 Å². The molecule has 0 aliphatic carbocycles. The molecule has 1 aliphatic rings. The Bertz CT molecular complexity index is 871. The molecule has 2 unspecified atom stereocenters. The summed E-state index contributed by atoms with van der Waals surface area (Å²) in [6.45, 7) is 0. The number of halogens is 19. The van der Waals surface area contributed by atoms with Crippen LogP contribution in [0.3, 0.4) is 0 Å². The van der Waals surface area contributed by atoms with Crippen LogP contribution in [0.5, 0.6) is 0 Å². The molecule has 0 spiro atoms. The maximum atomic E-state index is 13.6. The van der Waals surface area contributed by atoms with Crippen molar-refractivity contribution in [1.29, 1.82) is 0 Å². The molecule has 24 heteroatoms.